The van der Waals surface area contributed by atoms with E-state index in [1.807, 2.05) is 6.07 Å². The summed E-state index contributed by atoms with van der Waals surface area (Å²) in [6.45, 7) is 0. The van der Waals surface area contributed by atoms with Crippen LogP contribution in [0.5, 0.6) is 0 Å². The first-order chi connectivity index (χ1) is 7.75. The molecule has 0 bridgehead atoms. The summed E-state index contributed by atoms with van der Waals surface area (Å²) in [5, 5.41) is 13.3. The molecule has 1 aliphatic rings. The summed E-state index contributed by atoms with van der Waals surface area (Å²) in [4.78, 5) is 14.9. The number of hydrogen-bond donors (Lipinski definition) is 2. The molecule has 1 aliphatic carbocycles. The van der Waals surface area contributed by atoms with Crippen LogP contribution in [0.15, 0.2) is 53.5 Å². The second kappa shape index (κ2) is 4.39. The molecule has 1 heterocycles. The molecule has 0 fully saturated rings. The van der Waals surface area contributed by atoms with Crippen LogP contribution in [0.1, 0.15) is 0 Å². The standard InChI is InChI=1S/C11H9N3O2/c15-8-4-5-9(10(16)7-8)13-14-11-3-1-2-6-12-11/h1-7,16H,(H,12,14)/b13-9-. The highest BCUT2D eigenvalue weighted by molar-refractivity contribution is 6.18. The van der Waals surface area contributed by atoms with Crippen LogP contribution in [0.3, 0.4) is 0 Å². The first-order valence-corrected chi connectivity index (χ1v) is 4.63. The lowest BCUT2D eigenvalue weighted by Crippen LogP contribution is -2.09. The van der Waals surface area contributed by atoms with Gasteiger partial charge in [0.05, 0.1) is 0 Å². The number of rotatable bonds is 2. The molecule has 1 aromatic rings. The quantitative estimate of drug-likeness (QED) is 0.578. The minimum atomic E-state index is -0.255. The van der Waals surface area contributed by atoms with Crippen molar-refractivity contribution in [2.24, 2.45) is 5.10 Å². The Bertz CT molecular complexity index is 489. The van der Waals surface area contributed by atoms with E-state index in [0.717, 1.165) is 6.08 Å². The number of nitrogens with zero attached hydrogens (tertiary/aromatic N) is 2. The van der Waals surface area contributed by atoms with Crippen LogP contribution in [-0.2, 0) is 4.79 Å². The molecule has 0 spiro atoms. The van der Waals surface area contributed by atoms with E-state index < -0.39 is 0 Å². The Hall–Kier alpha value is -2.43. The highest BCUT2D eigenvalue weighted by Crippen LogP contribution is 2.05. The smallest absolute Gasteiger partial charge is 0.182 e. The van der Waals surface area contributed by atoms with Gasteiger partial charge >= 0.3 is 0 Å². The van der Waals surface area contributed by atoms with Gasteiger partial charge in [-0.1, -0.05) is 6.07 Å². The van der Waals surface area contributed by atoms with Crippen LogP contribution >= 0.6 is 0 Å². The first kappa shape index (κ1) is 10.1. The highest BCUT2D eigenvalue weighted by atomic mass is 16.3. The highest BCUT2D eigenvalue weighted by Gasteiger charge is 2.09. The summed E-state index contributed by atoms with van der Waals surface area (Å²) in [5.74, 6) is 0.151. The molecule has 0 amide bonds. The zero-order chi connectivity index (χ0) is 11.4. The molecule has 80 valence electrons. The maximum atomic E-state index is 10.9. The average molecular weight is 215 g/mol. The molecule has 5 nitrogen and oxygen atoms in total. The molecule has 0 aliphatic heterocycles. The Morgan fingerprint density at radius 2 is 2.19 bits per heavy atom. The van der Waals surface area contributed by atoms with Gasteiger partial charge in [0.15, 0.2) is 5.78 Å². The number of carbonyl (C=O) groups excluding carboxylic acids is 1. The number of aliphatic hydroxyl groups is 1. The number of hydrogen-bond acceptors (Lipinski definition) is 5. The predicted octanol–water partition coefficient (Wildman–Crippen LogP) is 1.43. The largest absolute Gasteiger partial charge is 0.505 e. The minimum absolute atomic E-state index is 0.157. The number of pyridine rings is 1. The summed E-state index contributed by atoms with van der Waals surface area (Å²) in [5.41, 5.74) is 2.97. The van der Waals surface area contributed by atoms with Crippen LogP contribution in [0.4, 0.5) is 5.82 Å². The molecule has 0 saturated heterocycles. The van der Waals surface area contributed by atoms with Gasteiger partial charge in [0.25, 0.3) is 0 Å². The van der Waals surface area contributed by atoms with Crippen LogP contribution in [0, 0.1) is 0 Å². The summed E-state index contributed by atoms with van der Waals surface area (Å²) in [6.07, 6.45) is 5.50. The third-order valence-corrected chi connectivity index (χ3v) is 1.90. The van der Waals surface area contributed by atoms with E-state index in [0.29, 0.717) is 11.5 Å². The molecular weight excluding hydrogens is 206 g/mol. The topological polar surface area (TPSA) is 74.6 Å². The zero-order valence-electron chi connectivity index (χ0n) is 8.29. The van der Waals surface area contributed by atoms with E-state index in [2.05, 4.69) is 15.5 Å². The number of aromatic nitrogens is 1. The summed E-state index contributed by atoms with van der Waals surface area (Å²) in [7, 11) is 0. The van der Waals surface area contributed by atoms with Crippen molar-refractivity contribution >= 4 is 17.3 Å². The Morgan fingerprint density at radius 1 is 1.31 bits per heavy atom. The SMILES string of the molecule is O=C1C=C/C(=N/Nc2ccccn2)C(O)=C1. The third kappa shape index (κ3) is 2.33. The molecule has 5 heteroatoms. The number of anilines is 1. The summed E-state index contributed by atoms with van der Waals surface area (Å²) in [6, 6.07) is 5.34. The average Bonchev–Trinajstić information content (AvgIpc) is 2.29. The van der Waals surface area contributed by atoms with Gasteiger partial charge in [-0.3, -0.25) is 10.2 Å². The van der Waals surface area contributed by atoms with Crippen molar-refractivity contribution in [3.63, 3.8) is 0 Å². The molecule has 1 aromatic heterocycles. The number of carbonyl (C=O) groups is 1. The maximum Gasteiger partial charge on any atom is 0.182 e. The van der Waals surface area contributed by atoms with Gasteiger partial charge in [-0.25, -0.2) is 4.98 Å². The minimum Gasteiger partial charge on any atom is -0.505 e. The van der Waals surface area contributed by atoms with E-state index in [1.165, 1.54) is 12.2 Å². The zero-order valence-corrected chi connectivity index (χ0v) is 8.29. The van der Waals surface area contributed by atoms with Crippen molar-refractivity contribution < 1.29 is 9.90 Å². The van der Waals surface area contributed by atoms with Crippen molar-refractivity contribution in [3.8, 4) is 0 Å². The number of hydrazone groups is 1. The van der Waals surface area contributed by atoms with Crippen LogP contribution in [0.25, 0.3) is 0 Å². The van der Waals surface area contributed by atoms with E-state index in [4.69, 9.17) is 0 Å². The number of aliphatic hydroxyl groups excluding tert-OH is 1. The number of nitrogens with one attached hydrogen (secondary N) is 1. The number of ketones is 1. The van der Waals surface area contributed by atoms with Gasteiger partial charge < -0.3 is 5.11 Å². The molecule has 0 unspecified atom stereocenters. The van der Waals surface area contributed by atoms with Crippen molar-refractivity contribution in [2.45, 2.75) is 0 Å². The van der Waals surface area contributed by atoms with Crippen molar-refractivity contribution in [1.82, 2.24) is 4.98 Å². The third-order valence-electron chi connectivity index (χ3n) is 1.90. The van der Waals surface area contributed by atoms with Gasteiger partial charge in [-0.2, -0.15) is 5.10 Å². The molecular formula is C11H9N3O2. The van der Waals surface area contributed by atoms with Crippen molar-refractivity contribution in [1.29, 1.82) is 0 Å². The first-order valence-electron chi connectivity index (χ1n) is 4.63. The Morgan fingerprint density at radius 3 is 2.88 bits per heavy atom. The second-order valence-electron chi connectivity index (χ2n) is 3.09. The van der Waals surface area contributed by atoms with E-state index in [-0.39, 0.29) is 11.5 Å². The summed E-state index contributed by atoms with van der Waals surface area (Å²) >= 11 is 0. The fourth-order valence-electron chi connectivity index (χ4n) is 1.14. The van der Waals surface area contributed by atoms with Gasteiger partial charge in [0, 0.05) is 12.3 Å². The Kier molecular flexibility index (Phi) is 2.77. The van der Waals surface area contributed by atoms with E-state index in [1.54, 1.807) is 18.3 Å². The number of allylic oxidation sites excluding steroid dienone is 3. The van der Waals surface area contributed by atoms with Crippen molar-refractivity contribution in [2.75, 3.05) is 5.43 Å². The normalized spacial score (nSPS) is 17.4. The van der Waals surface area contributed by atoms with E-state index >= 15 is 0 Å². The Balaban J connectivity index is 2.12. The lowest BCUT2D eigenvalue weighted by Gasteiger charge is -2.04. The molecule has 2 N–H and O–H groups in total. The molecule has 16 heavy (non-hydrogen) atoms. The summed E-state index contributed by atoms with van der Waals surface area (Å²) < 4.78 is 0. The predicted molar refractivity (Wildman–Crippen MR) is 60.2 cm³/mol. The van der Waals surface area contributed by atoms with Crippen LogP contribution < -0.4 is 5.43 Å². The Labute approximate surface area is 91.8 Å². The lowest BCUT2D eigenvalue weighted by atomic mass is 10.1. The fraction of sp³-hybridized carbons (Fsp3) is 0. The molecule has 0 aromatic carbocycles. The lowest BCUT2D eigenvalue weighted by molar-refractivity contribution is -0.110. The molecule has 0 saturated carbocycles. The monoisotopic (exact) mass is 215 g/mol. The van der Waals surface area contributed by atoms with Crippen molar-refractivity contribution in [3.05, 3.63) is 48.4 Å². The van der Waals surface area contributed by atoms with Gasteiger partial charge in [-0.05, 0) is 24.3 Å². The fourth-order valence-corrected chi connectivity index (χ4v) is 1.14. The maximum absolute atomic E-state index is 10.9. The van der Waals surface area contributed by atoms with Gasteiger partial charge in [-0.15, -0.1) is 0 Å². The van der Waals surface area contributed by atoms with Gasteiger partial charge in [0.2, 0.25) is 0 Å². The van der Waals surface area contributed by atoms with E-state index in [9.17, 15) is 9.90 Å². The molecule has 0 radical (unpaired) electrons. The van der Waals surface area contributed by atoms with Crippen LogP contribution in [-0.4, -0.2) is 21.6 Å². The second-order valence-corrected chi connectivity index (χ2v) is 3.09. The van der Waals surface area contributed by atoms with Gasteiger partial charge in [0.1, 0.15) is 17.3 Å². The van der Waals surface area contributed by atoms with Crippen LogP contribution in [0.2, 0.25) is 0 Å². The molecule has 2 rings (SSSR count). The molecule has 0 atom stereocenters.